The first kappa shape index (κ1) is 12.9. The van der Waals surface area contributed by atoms with E-state index in [0.29, 0.717) is 18.5 Å². The van der Waals surface area contributed by atoms with E-state index < -0.39 is 0 Å². The summed E-state index contributed by atoms with van der Waals surface area (Å²) in [5.74, 6) is 0. The van der Waals surface area contributed by atoms with E-state index in [4.69, 9.17) is 5.26 Å². The Hall–Kier alpha value is -1.53. The first-order valence-corrected chi connectivity index (χ1v) is 6.52. The van der Waals surface area contributed by atoms with Gasteiger partial charge < -0.3 is 4.90 Å². The number of anilines is 1. The fourth-order valence-corrected chi connectivity index (χ4v) is 2.59. The van der Waals surface area contributed by atoms with Crippen molar-refractivity contribution in [2.45, 2.75) is 32.4 Å². The minimum Gasteiger partial charge on any atom is -0.365 e. The number of piperazine rings is 1. The molecule has 1 aliphatic rings. The molecule has 2 atom stereocenters. The predicted molar refractivity (Wildman–Crippen MR) is 74.6 cm³/mol. The van der Waals surface area contributed by atoms with E-state index in [9.17, 15) is 0 Å². The van der Waals surface area contributed by atoms with E-state index in [1.807, 2.05) is 0 Å². The van der Waals surface area contributed by atoms with Crippen LogP contribution in [0.1, 0.15) is 18.9 Å². The third-order valence-electron chi connectivity index (χ3n) is 3.81. The molecule has 0 N–H and O–H groups in total. The van der Waals surface area contributed by atoms with Gasteiger partial charge in [0.25, 0.3) is 0 Å². The molecule has 0 amide bonds. The van der Waals surface area contributed by atoms with Crippen LogP contribution < -0.4 is 4.90 Å². The van der Waals surface area contributed by atoms with Gasteiger partial charge >= 0.3 is 0 Å². The maximum absolute atomic E-state index is 8.99. The standard InChI is InChI=1S/C15H21N3/c1-12-5-4-6-14(9-12)18-10-13(2)17(3)11-15(18)7-8-16/h4-6,9,13,15H,7,10-11H2,1-3H3. The van der Waals surface area contributed by atoms with E-state index in [-0.39, 0.29) is 0 Å². The number of aryl methyl sites for hydroxylation is 1. The summed E-state index contributed by atoms with van der Waals surface area (Å²) >= 11 is 0. The van der Waals surface area contributed by atoms with Crippen molar-refractivity contribution < 1.29 is 0 Å². The largest absolute Gasteiger partial charge is 0.365 e. The Morgan fingerprint density at radius 2 is 2.17 bits per heavy atom. The summed E-state index contributed by atoms with van der Waals surface area (Å²) in [6.45, 7) is 6.31. The van der Waals surface area contributed by atoms with Gasteiger partial charge in [0.1, 0.15) is 0 Å². The molecule has 0 radical (unpaired) electrons. The predicted octanol–water partition coefficient (Wildman–Crippen LogP) is 2.42. The highest BCUT2D eigenvalue weighted by atomic mass is 15.3. The number of nitrogens with zero attached hydrogens (tertiary/aromatic N) is 3. The molecule has 1 fully saturated rings. The SMILES string of the molecule is Cc1cccc(N2CC(C)N(C)CC2CC#N)c1. The molecular weight excluding hydrogens is 222 g/mol. The van der Waals surface area contributed by atoms with Gasteiger partial charge in [0.05, 0.1) is 18.5 Å². The summed E-state index contributed by atoms with van der Waals surface area (Å²) in [6.07, 6.45) is 0.588. The van der Waals surface area contributed by atoms with Crippen LogP contribution in [-0.4, -0.2) is 37.1 Å². The van der Waals surface area contributed by atoms with E-state index in [1.165, 1.54) is 11.3 Å². The van der Waals surface area contributed by atoms with Crippen LogP contribution in [0.15, 0.2) is 24.3 Å². The number of likely N-dealkylation sites (N-methyl/N-ethyl adjacent to an activating group) is 1. The maximum atomic E-state index is 8.99. The van der Waals surface area contributed by atoms with Crippen LogP contribution in [0.4, 0.5) is 5.69 Å². The molecule has 3 nitrogen and oxygen atoms in total. The summed E-state index contributed by atoms with van der Waals surface area (Å²) in [5, 5.41) is 8.99. The normalized spacial score (nSPS) is 24.9. The van der Waals surface area contributed by atoms with Crippen molar-refractivity contribution in [2.24, 2.45) is 0 Å². The Kier molecular flexibility index (Phi) is 3.88. The van der Waals surface area contributed by atoms with Crippen molar-refractivity contribution in [3.05, 3.63) is 29.8 Å². The number of hydrogen-bond acceptors (Lipinski definition) is 3. The van der Waals surface area contributed by atoms with Crippen molar-refractivity contribution >= 4 is 5.69 Å². The second kappa shape index (κ2) is 5.41. The molecule has 3 heteroatoms. The van der Waals surface area contributed by atoms with Crippen molar-refractivity contribution in [3.8, 4) is 6.07 Å². The monoisotopic (exact) mass is 243 g/mol. The molecular formula is C15H21N3. The summed E-state index contributed by atoms with van der Waals surface area (Å²) < 4.78 is 0. The van der Waals surface area contributed by atoms with Crippen LogP contribution in [0.3, 0.4) is 0 Å². The van der Waals surface area contributed by atoms with Gasteiger partial charge in [-0.25, -0.2) is 0 Å². The quantitative estimate of drug-likeness (QED) is 0.799. The molecule has 0 spiro atoms. The Bertz CT molecular complexity index is 449. The number of nitriles is 1. The minimum absolute atomic E-state index is 0.304. The molecule has 0 aromatic heterocycles. The van der Waals surface area contributed by atoms with E-state index in [1.54, 1.807) is 0 Å². The molecule has 18 heavy (non-hydrogen) atoms. The molecule has 1 saturated heterocycles. The van der Waals surface area contributed by atoms with Gasteiger partial charge in [0.2, 0.25) is 0 Å². The zero-order chi connectivity index (χ0) is 13.1. The van der Waals surface area contributed by atoms with Crippen molar-refractivity contribution in [2.75, 3.05) is 25.0 Å². The number of rotatable bonds is 2. The van der Waals surface area contributed by atoms with Crippen LogP contribution in [0.25, 0.3) is 0 Å². The maximum Gasteiger partial charge on any atom is 0.0643 e. The van der Waals surface area contributed by atoms with Gasteiger partial charge in [-0.3, -0.25) is 4.90 Å². The second-order valence-corrected chi connectivity index (χ2v) is 5.30. The lowest BCUT2D eigenvalue weighted by molar-refractivity contribution is 0.201. The average molecular weight is 243 g/mol. The topological polar surface area (TPSA) is 30.3 Å². The molecule has 2 unspecified atom stereocenters. The lowest BCUT2D eigenvalue weighted by Crippen LogP contribution is -2.56. The Morgan fingerprint density at radius 3 is 2.83 bits per heavy atom. The summed E-state index contributed by atoms with van der Waals surface area (Å²) in [6, 6.07) is 11.7. The summed E-state index contributed by atoms with van der Waals surface area (Å²) in [7, 11) is 2.14. The van der Waals surface area contributed by atoms with Crippen LogP contribution in [0.2, 0.25) is 0 Å². The van der Waals surface area contributed by atoms with Crippen LogP contribution in [0.5, 0.6) is 0 Å². The van der Waals surface area contributed by atoms with E-state index in [2.05, 4.69) is 61.0 Å². The molecule has 96 valence electrons. The average Bonchev–Trinajstić information content (AvgIpc) is 2.34. The molecule has 2 rings (SSSR count). The van der Waals surface area contributed by atoms with Gasteiger partial charge in [0.15, 0.2) is 0 Å². The Balaban J connectivity index is 2.25. The lowest BCUT2D eigenvalue weighted by Gasteiger charge is -2.44. The first-order valence-electron chi connectivity index (χ1n) is 6.52. The molecule has 1 aliphatic heterocycles. The van der Waals surface area contributed by atoms with Crippen molar-refractivity contribution in [3.63, 3.8) is 0 Å². The highest BCUT2D eigenvalue weighted by Crippen LogP contribution is 2.24. The zero-order valence-electron chi connectivity index (χ0n) is 11.4. The fraction of sp³-hybridized carbons (Fsp3) is 0.533. The third kappa shape index (κ3) is 2.65. The molecule has 1 aromatic carbocycles. The zero-order valence-corrected chi connectivity index (χ0v) is 11.4. The summed E-state index contributed by atoms with van der Waals surface area (Å²) in [4.78, 5) is 4.73. The van der Waals surface area contributed by atoms with Crippen LogP contribution in [-0.2, 0) is 0 Å². The highest BCUT2D eigenvalue weighted by Gasteiger charge is 2.29. The number of hydrogen-bond donors (Lipinski definition) is 0. The molecule has 0 aliphatic carbocycles. The fourth-order valence-electron chi connectivity index (χ4n) is 2.59. The Morgan fingerprint density at radius 1 is 1.39 bits per heavy atom. The minimum atomic E-state index is 0.304. The first-order chi connectivity index (χ1) is 8.61. The van der Waals surface area contributed by atoms with E-state index in [0.717, 1.165) is 13.1 Å². The lowest BCUT2D eigenvalue weighted by atomic mass is 10.0. The van der Waals surface area contributed by atoms with E-state index >= 15 is 0 Å². The number of benzene rings is 1. The second-order valence-electron chi connectivity index (χ2n) is 5.30. The van der Waals surface area contributed by atoms with Gasteiger partial charge in [-0.2, -0.15) is 5.26 Å². The summed E-state index contributed by atoms with van der Waals surface area (Å²) in [5.41, 5.74) is 2.52. The van der Waals surface area contributed by atoms with Gasteiger partial charge in [0, 0.05) is 24.8 Å². The van der Waals surface area contributed by atoms with Crippen molar-refractivity contribution in [1.29, 1.82) is 5.26 Å². The molecule has 0 bridgehead atoms. The van der Waals surface area contributed by atoms with Gasteiger partial charge in [-0.05, 0) is 38.6 Å². The highest BCUT2D eigenvalue weighted by molar-refractivity contribution is 5.50. The molecule has 0 saturated carbocycles. The van der Waals surface area contributed by atoms with Gasteiger partial charge in [-0.1, -0.05) is 12.1 Å². The molecule has 1 aromatic rings. The van der Waals surface area contributed by atoms with Gasteiger partial charge in [-0.15, -0.1) is 0 Å². The Labute approximate surface area is 110 Å². The third-order valence-corrected chi connectivity index (χ3v) is 3.81. The van der Waals surface area contributed by atoms with Crippen LogP contribution >= 0.6 is 0 Å². The smallest absolute Gasteiger partial charge is 0.0643 e. The van der Waals surface area contributed by atoms with Crippen LogP contribution in [0, 0.1) is 18.3 Å². The van der Waals surface area contributed by atoms with Crippen molar-refractivity contribution in [1.82, 2.24) is 4.90 Å². The molecule has 1 heterocycles.